The highest BCUT2D eigenvalue weighted by Crippen LogP contribution is 2.35. The van der Waals surface area contributed by atoms with Crippen molar-refractivity contribution in [1.29, 1.82) is 0 Å². The smallest absolute Gasteiger partial charge is 0.282 e. The zero-order valence-corrected chi connectivity index (χ0v) is 17.9. The summed E-state index contributed by atoms with van der Waals surface area (Å²) in [5.74, 6) is -0.0523. The van der Waals surface area contributed by atoms with Gasteiger partial charge in [0.2, 0.25) is 0 Å². The number of nitrogens with one attached hydrogen (secondary N) is 1. The van der Waals surface area contributed by atoms with E-state index in [9.17, 15) is 9.59 Å². The van der Waals surface area contributed by atoms with E-state index in [0.717, 1.165) is 11.3 Å². The number of rotatable bonds is 6. The Bertz CT molecular complexity index is 1170. The first-order valence-electron chi connectivity index (χ1n) is 9.94. The monoisotopic (exact) mass is 432 g/mol. The third-order valence-corrected chi connectivity index (χ3v) is 5.26. The SMILES string of the molecule is CCOc1ccc(NC2=C(c3ccc(Cl)cc3)C(=O)N(c3ccccc3C)C2=O)cc1. The van der Waals surface area contributed by atoms with Crippen LogP contribution in [0.1, 0.15) is 18.1 Å². The first kappa shape index (κ1) is 20.7. The van der Waals surface area contributed by atoms with E-state index in [0.29, 0.717) is 34.1 Å². The first-order chi connectivity index (χ1) is 15.0. The number of carbonyl (C=O) groups excluding carboxylic acids is 2. The number of halogens is 1. The molecule has 2 amide bonds. The Kier molecular flexibility index (Phi) is 5.78. The van der Waals surface area contributed by atoms with Crippen LogP contribution in [-0.2, 0) is 9.59 Å². The van der Waals surface area contributed by atoms with Gasteiger partial charge in [0, 0.05) is 10.7 Å². The topological polar surface area (TPSA) is 58.6 Å². The van der Waals surface area contributed by atoms with Crippen molar-refractivity contribution in [3.05, 3.63) is 94.6 Å². The Morgan fingerprint density at radius 3 is 2.23 bits per heavy atom. The van der Waals surface area contributed by atoms with Gasteiger partial charge in [-0.2, -0.15) is 0 Å². The molecule has 3 aromatic carbocycles. The molecule has 1 aliphatic heterocycles. The molecule has 0 radical (unpaired) electrons. The number of nitrogens with zero attached hydrogens (tertiary/aromatic N) is 1. The van der Waals surface area contributed by atoms with Crippen molar-refractivity contribution >= 4 is 40.4 Å². The van der Waals surface area contributed by atoms with Crippen molar-refractivity contribution < 1.29 is 14.3 Å². The summed E-state index contributed by atoms with van der Waals surface area (Å²) in [6.45, 7) is 4.35. The Hall–Kier alpha value is -3.57. The largest absolute Gasteiger partial charge is 0.494 e. The summed E-state index contributed by atoms with van der Waals surface area (Å²) in [4.78, 5) is 28.1. The molecule has 5 nitrogen and oxygen atoms in total. The Morgan fingerprint density at radius 1 is 0.903 bits per heavy atom. The third kappa shape index (κ3) is 4.05. The fourth-order valence-electron chi connectivity index (χ4n) is 3.51. The fraction of sp³-hybridized carbons (Fsp3) is 0.120. The van der Waals surface area contributed by atoms with E-state index in [4.69, 9.17) is 16.3 Å². The van der Waals surface area contributed by atoms with Gasteiger partial charge in [-0.1, -0.05) is 41.9 Å². The van der Waals surface area contributed by atoms with Crippen LogP contribution in [0.15, 0.2) is 78.5 Å². The molecule has 1 aliphatic rings. The normalized spacial score (nSPS) is 13.7. The Labute approximate surface area is 185 Å². The molecule has 0 aromatic heterocycles. The molecule has 1 heterocycles. The van der Waals surface area contributed by atoms with E-state index >= 15 is 0 Å². The highest BCUT2D eigenvalue weighted by Gasteiger charge is 2.40. The van der Waals surface area contributed by atoms with E-state index in [1.54, 1.807) is 30.3 Å². The van der Waals surface area contributed by atoms with Crippen molar-refractivity contribution in [2.45, 2.75) is 13.8 Å². The number of aryl methyl sites for hydroxylation is 1. The van der Waals surface area contributed by atoms with Crippen LogP contribution < -0.4 is 15.0 Å². The standard InChI is InChI=1S/C25H21ClN2O3/c1-3-31-20-14-12-19(13-15-20)27-23-22(17-8-10-18(26)11-9-17)24(29)28(25(23)30)21-7-5-4-6-16(21)2/h4-15,27H,3H2,1-2H3. The van der Waals surface area contributed by atoms with E-state index < -0.39 is 5.91 Å². The van der Waals surface area contributed by atoms with Gasteiger partial charge in [-0.25, -0.2) is 4.90 Å². The van der Waals surface area contributed by atoms with Crippen LogP contribution in [0.4, 0.5) is 11.4 Å². The Morgan fingerprint density at radius 2 is 1.58 bits per heavy atom. The number of para-hydroxylation sites is 1. The summed E-state index contributed by atoms with van der Waals surface area (Å²) in [6, 6.07) is 21.5. The van der Waals surface area contributed by atoms with Gasteiger partial charge >= 0.3 is 0 Å². The molecule has 1 N–H and O–H groups in total. The number of hydrogen-bond acceptors (Lipinski definition) is 4. The van der Waals surface area contributed by atoms with Gasteiger partial charge in [0.1, 0.15) is 11.4 Å². The zero-order chi connectivity index (χ0) is 22.0. The second kappa shape index (κ2) is 8.66. The second-order valence-electron chi connectivity index (χ2n) is 7.07. The average Bonchev–Trinajstić information content (AvgIpc) is 3.00. The highest BCUT2D eigenvalue weighted by atomic mass is 35.5. The zero-order valence-electron chi connectivity index (χ0n) is 17.2. The fourth-order valence-corrected chi connectivity index (χ4v) is 3.63. The van der Waals surface area contributed by atoms with E-state index in [-0.39, 0.29) is 11.6 Å². The van der Waals surface area contributed by atoms with Gasteiger partial charge in [0.25, 0.3) is 11.8 Å². The van der Waals surface area contributed by atoms with Crippen LogP contribution in [0, 0.1) is 6.92 Å². The minimum absolute atomic E-state index is 0.222. The van der Waals surface area contributed by atoms with Gasteiger partial charge in [-0.15, -0.1) is 0 Å². The molecule has 6 heteroatoms. The van der Waals surface area contributed by atoms with Gasteiger partial charge in [0.05, 0.1) is 17.9 Å². The van der Waals surface area contributed by atoms with Crippen molar-refractivity contribution in [2.24, 2.45) is 0 Å². The van der Waals surface area contributed by atoms with Crippen molar-refractivity contribution in [2.75, 3.05) is 16.8 Å². The molecule has 31 heavy (non-hydrogen) atoms. The summed E-state index contributed by atoms with van der Waals surface area (Å²) >= 11 is 6.03. The van der Waals surface area contributed by atoms with Gasteiger partial charge in [-0.3, -0.25) is 9.59 Å². The molecular formula is C25H21ClN2O3. The highest BCUT2D eigenvalue weighted by molar-refractivity contribution is 6.46. The molecule has 4 rings (SSSR count). The predicted octanol–water partition coefficient (Wildman–Crippen LogP) is 5.44. The number of amides is 2. The molecule has 0 fully saturated rings. The summed E-state index contributed by atoms with van der Waals surface area (Å²) in [7, 11) is 0. The van der Waals surface area contributed by atoms with Gasteiger partial charge in [-0.05, 0) is 67.4 Å². The quantitative estimate of drug-likeness (QED) is 0.526. The van der Waals surface area contributed by atoms with Crippen LogP contribution in [0.2, 0.25) is 5.02 Å². The minimum atomic E-state index is -0.405. The van der Waals surface area contributed by atoms with Crippen LogP contribution in [0.5, 0.6) is 5.75 Å². The summed E-state index contributed by atoms with van der Waals surface area (Å²) in [6.07, 6.45) is 0. The maximum absolute atomic E-state index is 13.4. The maximum atomic E-state index is 13.4. The lowest BCUT2D eigenvalue weighted by molar-refractivity contribution is -0.120. The summed E-state index contributed by atoms with van der Waals surface area (Å²) in [5, 5.41) is 3.71. The van der Waals surface area contributed by atoms with Crippen LogP contribution in [-0.4, -0.2) is 18.4 Å². The molecule has 156 valence electrons. The Balaban J connectivity index is 1.78. The van der Waals surface area contributed by atoms with E-state index in [2.05, 4.69) is 5.32 Å². The molecule has 0 spiro atoms. The van der Waals surface area contributed by atoms with Crippen molar-refractivity contribution in [3.8, 4) is 5.75 Å². The molecule has 3 aromatic rings. The van der Waals surface area contributed by atoms with Crippen molar-refractivity contribution in [3.63, 3.8) is 0 Å². The lowest BCUT2D eigenvalue weighted by Crippen LogP contribution is -2.33. The van der Waals surface area contributed by atoms with E-state index in [1.807, 2.05) is 56.3 Å². The maximum Gasteiger partial charge on any atom is 0.282 e. The average molecular weight is 433 g/mol. The van der Waals surface area contributed by atoms with E-state index in [1.165, 1.54) is 4.90 Å². The molecule has 0 atom stereocenters. The second-order valence-corrected chi connectivity index (χ2v) is 7.51. The van der Waals surface area contributed by atoms with Crippen LogP contribution in [0.3, 0.4) is 0 Å². The third-order valence-electron chi connectivity index (χ3n) is 5.01. The number of imide groups is 1. The molecule has 0 saturated heterocycles. The van der Waals surface area contributed by atoms with Crippen LogP contribution >= 0.6 is 11.6 Å². The number of hydrogen-bond donors (Lipinski definition) is 1. The van der Waals surface area contributed by atoms with Crippen LogP contribution in [0.25, 0.3) is 5.57 Å². The summed E-state index contributed by atoms with van der Waals surface area (Å²) in [5.41, 5.74) is 3.22. The molecule has 0 unspecified atom stereocenters. The van der Waals surface area contributed by atoms with Gasteiger partial charge in [0.15, 0.2) is 0 Å². The predicted molar refractivity (Wildman–Crippen MR) is 123 cm³/mol. The number of anilines is 2. The lowest BCUT2D eigenvalue weighted by Gasteiger charge is -2.17. The lowest BCUT2D eigenvalue weighted by atomic mass is 10.0. The molecule has 0 saturated carbocycles. The number of carbonyl (C=O) groups is 2. The minimum Gasteiger partial charge on any atom is -0.494 e. The summed E-state index contributed by atoms with van der Waals surface area (Å²) < 4.78 is 5.48. The molecule has 0 bridgehead atoms. The molecule has 0 aliphatic carbocycles. The number of benzene rings is 3. The molecular weight excluding hydrogens is 412 g/mol. The van der Waals surface area contributed by atoms with Gasteiger partial charge < -0.3 is 10.1 Å². The first-order valence-corrected chi connectivity index (χ1v) is 10.3. The van der Waals surface area contributed by atoms with Crippen molar-refractivity contribution in [1.82, 2.24) is 0 Å². The number of ether oxygens (including phenoxy) is 1.